The first-order valence-corrected chi connectivity index (χ1v) is 6.68. The second-order valence-electron chi connectivity index (χ2n) is 5.40. The molecule has 1 rings (SSSR count). The maximum absolute atomic E-state index is 10.9. The highest BCUT2D eigenvalue weighted by molar-refractivity contribution is 5.75. The zero-order valence-electron chi connectivity index (χ0n) is 12.1. The predicted molar refractivity (Wildman–Crippen MR) is 75.4 cm³/mol. The first kappa shape index (κ1) is 14.7. The lowest BCUT2D eigenvalue weighted by atomic mass is 9.90. The highest BCUT2D eigenvalue weighted by atomic mass is 16.5. The molecule has 0 aliphatic rings. The zero-order chi connectivity index (χ0) is 13.7. The van der Waals surface area contributed by atoms with Gasteiger partial charge in [-0.05, 0) is 42.0 Å². The average molecular weight is 248 g/mol. The van der Waals surface area contributed by atoms with E-state index >= 15 is 0 Å². The Hall–Kier alpha value is -1.31. The van der Waals surface area contributed by atoms with Crippen LogP contribution in [0.4, 0.5) is 0 Å². The zero-order valence-corrected chi connectivity index (χ0v) is 12.1. The molecule has 2 nitrogen and oxygen atoms in total. The number of hydrogen-bond acceptors (Lipinski definition) is 2. The second-order valence-corrected chi connectivity index (χ2v) is 5.40. The summed E-state index contributed by atoms with van der Waals surface area (Å²) < 4.78 is 5.62. The summed E-state index contributed by atoms with van der Waals surface area (Å²) in [6.07, 6.45) is 0.475. The molecule has 0 saturated heterocycles. The van der Waals surface area contributed by atoms with Crippen molar-refractivity contribution in [3.05, 3.63) is 29.3 Å². The number of carbonyl (C=O) groups excluding carboxylic acids is 1. The fourth-order valence-electron chi connectivity index (χ4n) is 1.98. The molecule has 100 valence electrons. The molecule has 0 fully saturated rings. The Kier molecular flexibility index (Phi) is 5.39. The van der Waals surface area contributed by atoms with Crippen molar-refractivity contribution in [2.45, 2.75) is 52.9 Å². The highest BCUT2D eigenvalue weighted by Crippen LogP contribution is 2.29. The van der Waals surface area contributed by atoms with Crippen molar-refractivity contribution in [1.82, 2.24) is 0 Å². The van der Waals surface area contributed by atoms with Crippen molar-refractivity contribution in [2.75, 3.05) is 6.61 Å². The summed E-state index contributed by atoms with van der Waals surface area (Å²) in [6, 6.07) is 6.25. The third kappa shape index (κ3) is 4.17. The number of carbonyl (C=O) groups is 1. The van der Waals surface area contributed by atoms with Crippen LogP contribution in [0.25, 0.3) is 0 Å². The van der Waals surface area contributed by atoms with Gasteiger partial charge >= 0.3 is 0 Å². The van der Waals surface area contributed by atoms with Crippen LogP contribution in [0.2, 0.25) is 0 Å². The number of ketones is 1. The van der Waals surface area contributed by atoms with Crippen molar-refractivity contribution in [3.63, 3.8) is 0 Å². The minimum atomic E-state index is 0.165. The van der Waals surface area contributed by atoms with E-state index < -0.39 is 0 Å². The summed E-state index contributed by atoms with van der Waals surface area (Å²) in [5, 5.41) is 0. The van der Waals surface area contributed by atoms with Gasteiger partial charge in [0.1, 0.15) is 11.5 Å². The number of hydrogen-bond donors (Lipinski definition) is 0. The van der Waals surface area contributed by atoms with Gasteiger partial charge in [0.15, 0.2) is 0 Å². The fourth-order valence-corrected chi connectivity index (χ4v) is 1.98. The van der Waals surface area contributed by atoms with Crippen molar-refractivity contribution < 1.29 is 9.53 Å². The van der Waals surface area contributed by atoms with Crippen molar-refractivity contribution in [1.29, 1.82) is 0 Å². The third-order valence-electron chi connectivity index (χ3n) is 3.03. The van der Waals surface area contributed by atoms with Gasteiger partial charge in [0.25, 0.3) is 0 Å². The Labute approximate surface area is 110 Å². The topological polar surface area (TPSA) is 26.3 Å². The fraction of sp³-hybridized carbons (Fsp3) is 0.562. The van der Waals surface area contributed by atoms with Gasteiger partial charge in [-0.15, -0.1) is 0 Å². The Bertz CT molecular complexity index is 406. The molecule has 0 amide bonds. The summed E-state index contributed by atoms with van der Waals surface area (Å²) in [6.45, 7) is 10.9. The van der Waals surface area contributed by atoms with E-state index in [9.17, 15) is 4.79 Å². The van der Waals surface area contributed by atoms with Gasteiger partial charge in [-0.3, -0.25) is 4.79 Å². The van der Waals surface area contributed by atoms with Crippen LogP contribution in [0.1, 0.15) is 64.0 Å². The predicted octanol–water partition coefficient (Wildman–Crippen LogP) is 4.29. The second kappa shape index (κ2) is 6.58. The molecular formula is C16H24O2. The maximum Gasteiger partial charge on any atom is 0.133 e. The number of ether oxygens (including phenoxy) is 1. The van der Waals surface area contributed by atoms with Crippen LogP contribution < -0.4 is 4.74 Å². The third-order valence-corrected chi connectivity index (χ3v) is 3.03. The summed E-state index contributed by atoms with van der Waals surface area (Å²) in [5.41, 5.74) is 2.72. The molecule has 18 heavy (non-hydrogen) atoms. The molecule has 0 spiro atoms. The lowest BCUT2D eigenvalue weighted by Gasteiger charge is -2.17. The summed E-state index contributed by atoms with van der Waals surface area (Å²) in [5.74, 6) is 2.04. The van der Waals surface area contributed by atoms with E-state index in [4.69, 9.17) is 4.74 Å². The molecule has 0 N–H and O–H groups in total. The van der Waals surface area contributed by atoms with E-state index in [1.165, 1.54) is 11.1 Å². The quantitative estimate of drug-likeness (QED) is 0.750. The molecule has 0 atom stereocenters. The van der Waals surface area contributed by atoms with E-state index in [1.54, 1.807) is 6.92 Å². The van der Waals surface area contributed by atoms with Crippen molar-refractivity contribution in [2.24, 2.45) is 0 Å². The standard InChI is InChI=1S/C16H24O2/c1-11(2)15-7-6-14(10-16(15)12(3)4)18-9-8-13(5)17/h6-7,10-12H,8-9H2,1-5H3. The van der Waals surface area contributed by atoms with E-state index in [2.05, 4.69) is 39.8 Å². The molecule has 0 unspecified atom stereocenters. The van der Waals surface area contributed by atoms with Gasteiger partial charge in [-0.2, -0.15) is 0 Å². The normalized spacial score (nSPS) is 11.1. The van der Waals surface area contributed by atoms with Crippen molar-refractivity contribution >= 4 is 5.78 Å². The van der Waals surface area contributed by atoms with Gasteiger partial charge in [0, 0.05) is 6.42 Å². The van der Waals surface area contributed by atoms with Crippen LogP contribution in [-0.2, 0) is 4.79 Å². The van der Waals surface area contributed by atoms with Crippen LogP contribution in [0.5, 0.6) is 5.75 Å². The van der Waals surface area contributed by atoms with Gasteiger partial charge in [0.2, 0.25) is 0 Å². The molecule has 0 bridgehead atoms. The molecule has 0 aliphatic carbocycles. The SMILES string of the molecule is CC(=O)CCOc1ccc(C(C)C)c(C(C)C)c1. The van der Waals surface area contributed by atoms with E-state index in [-0.39, 0.29) is 5.78 Å². The minimum absolute atomic E-state index is 0.165. The van der Waals surface area contributed by atoms with Crippen LogP contribution >= 0.6 is 0 Å². The number of rotatable bonds is 6. The van der Waals surface area contributed by atoms with E-state index in [0.29, 0.717) is 24.9 Å². The first-order valence-electron chi connectivity index (χ1n) is 6.68. The lowest BCUT2D eigenvalue weighted by molar-refractivity contribution is -0.117. The van der Waals surface area contributed by atoms with Gasteiger partial charge in [-0.25, -0.2) is 0 Å². The monoisotopic (exact) mass is 248 g/mol. The molecule has 0 radical (unpaired) electrons. The molecule has 1 aromatic rings. The molecule has 0 heterocycles. The smallest absolute Gasteiger partial charge is 0.133 e. The summed E-state index contributed by atoms with van der Waals surface area (Å²) in [7, 11) is 0. The molecular weight excluding hydrogens is 224 g/mol. The Morgan fingerprint density at radius 1 is 1.11 bits per heavy atom. The largest absolute Gasteiger partial charge is 0.493 e. The maximum atomic E-state index is 10.9. The average Bonchev–Trinajstić information content (AvgIpc) is 2.28. The summed E-state index contributed by atoms with van der Waals surface area (Å²) >= 11 is 0. The van der Waals surface area contributed by atoms with Crippen LogP contribution in [0, 0.1) is 0 Å². The number of benzene rings is 1. The van der Waals surface area contributed by atoms with Crippen molar-refractivity contribution in [3.8, 4) is 5.75 Å². The van der Waals surface area contributed by atoms with Gasteiger partial charge in [0.05, 0.1) is 6.61 Å². The van der Waals surface area contributed by atoms with Crippen LogP contribution in [-0.4, -0.2) is 12.4 Å². The summed E-state index contributed by atoms with van der Waals surface area (Å²) in [4.78, 5) is 10.9. The van der Waals surface area contributed by atoms with E-state index in [1.807, 2.05) is 6.07 Å². The van der Waals surface area contributed by atoms with Crippen LogP contribution in [0.15, 0.2) is 18.2 Å². The molecule has 0 aliphatic heterocycles. The molecule has 2 heteroatoms. The Morgan fingerprint density at radius 3 is 2.22 bits per heavy atom. The van der Waals surface area contributed by atoms with Crippen LogP contribution in [0.3, 0.4) is 0 Å². The Balaban J connectivity index is 2.83. The Morgan fingerprint density at radius 2 is 1.72 bits per heavy atom. The lowest BCUT2D eigenvalue weighted by Crippen LogP contribution is -2.04. The van der Waals surface area contributed by atoms with Gasteiger partial charge in [-0.1, -0.05) is 33.8 Å². The first-order chi connectivity index (χ1) is 8.41. The molecule has 0 saturated carbocycles. The number of Topliss-reactive ketones (excluding diaryl/α,β-unsaturated/α-hetero) is 1. The molecule has 1 aromatic carbocycles. The minimum Gasteiger partial charge on any atom is -0.493 e. The van der Waals surface area contributed by atoms with Gasteiger partial charge < -0.3 is 4.74 Å². The molecule has 0 aromatic heterocycles. The van der Waals surface area contributed by atoms with E-state index in [0.717, 1.165) is 5.75 Å². The highest BCUT2D eigenvalue weighted by Gasteiger charge is 2.11.